The van der Waals surface area contributed by atoms with Crippen LogP contribution in [0.4, 0.5) is 0 Å². The molecule has 0 unspecified atom stereocenters. The smallest absolute Gasteiger partial charge is 0.118 e. The Labute approximate surface area is 190 Å². The van der Waals surface area contributed by atoms with E-state index in [4.69, 9.17) is 0 Å². The van der Waals surface area contributed by atoms with Gasteiger partial charge in [0.05, 0.1) is 0 Å². The zero-order valence-corrected chi connectivity index (χ0v) is 18.6. The molecule has 0 amide bonds. The van der Waals surface area contributed by atoms with Gasteiger partial charge in [-0.05, 0) is 53.6 Å². The van der Waals surface area contributed by atoms with E-state index in [9.17, 15) is 5.11 Å². The number of benzene rings is 4. The fourth-order valence-corrected chi connectivity index (χ4v) is 6.26. The fraction of sp³-hybridized carbons (Fsp3) is 0.226. The van der Waals surface area contributed by atoms with Crippen molar-refractivity contribution < 1.29 is 5.11 Å². The standard InChI is InChI=1S/C31H28O/c1-20-11-15-22(16-12-20)31(32,23-17-13-21(2)14-18-23)29-19-28-24-7-3-5-9-26(24)30(29)27-10-6-4-8-25(27)28/h3-18,28-30,32H,19H2,1-2H3/t28?,29-,30?/m1/s1. The van der Waals surface area contributed by atoms with Gasteiger partial charge in [0.1, 0.15) is 5.60 Å². The van der Waals surface area contributed by atoms with E-state index in [-0.39, 0.29) is 11.8 Å². The van der Waals surface area contributed by atoms with Gasteiger partial charge in [-0.3, -0.25) is 0 Å². The summed E-state index contributed by atoms with van der Waals surface area (Å²) in [5.41, 5.74) is 8.95. The van der Waals surface area contributed by atoms with Crippen LogP contribution in [0.15, 0.2) is 97.1 Å². The number of hydrogen-bond donors (Lipinski definition) is 1. The van der Waals surface area contributed by atoms with Crippen LogP contribution in [0.5, 0.6) is 0 Å². The van der Waals surface area contributed by atoms with Gasteiger partial charge in [-0.25, -0.2) is 0 Å². The molecule has 4 aromatic rings. The first-order chi connectivity index (χ1) is 15.6. The molecule has 1 atom stereocenters. The van der Waals surface area contributed by atoms with Crippen LogP contribution in [0.25, 0.3) is 0 Å². The second kappa shape index (κ2) is 7.18. The number of fused-ring (bicyclic) bond motifs is 1. The van der Waals surface area contributed by atoms with E-state index in [0.29, 0.717) is 5.92 Å². The Morgan fingerprint density at radius 3 is 1.44 bits per heavy atom. The maximum atomic E-state index is 12.7. The maximum Gasteiger partial charge on any atom is 0.118 e. The van der Waals surface area contributed by atoms with Crippen LogP contribution in [0.2, 0.25) is 0 Å². The van der Waals surface area contributed by atoms with Crippen LogP contribution < -0.4 is 0 Å². The van der Waals surface area contributed by atoms with Gasteiger partial charge in [-0.15, -0.1) is 0 Å². The molecular weight excluding hydrogens is 388 g/mol. The molecule has 1 heteroatoms. The molecule has 0 aromatic heterocycles. The molecule has 0 aliphatic heterocycles. The van der Waals surface area contributed by atoms with Gasteiger partial charge in [0.2, 0.25) is 0 Å². The fourth-order valence-electron chi connectivity index (χ4n) is 6.26. The third-order valence-corrected chi connectivity index (χ3v) is 7.82. The number of rotatable bonds is 3. The first-order valence-electron chi connectivity index (χ1n) is 11.6. The third-order valence-electron chi connectivity index (χ3n) is 7.82. The Balaban J connectivity index is 1.60. The predicted octanol–water partition coefficient (Wildman–Crippen LogP) is 6.84. The summed E-state index contributed by atoms with van der Waals surface area (Å²) in [4.78, 5) is 0. The normalized spacial score (nSPS) is 21.2. The number of hydrogen-bond acceptors (Lipinski definition) is 1. The highest BCUT2D eigenvalue weighted by atomic mass is 16.3. The lowest BCUT2D eigenvalue weighted by Gasteiger charge is -2.51. The molecular formula is C31H28O. The highest BCUT2D eigenvalue weighted by molar-refractivity contribution is 5.57. The highest BCUT2D eigenvalue weighted by Crippen LogP contribution is 2.60. The summed E-state index contributed by atoms with van der Waals surface area (Å²) in [5.74, 6) is 0.544. The van der Waals surface area contributed by atoms with E-state index >= 15 is 0 Å². The van der Waals surface area contributed by atoms with Crippen LogP contribution in [0, 0.1) is 19.8 Å². The van der Waals surface area contributed by atoms with Gasteiger partial charge >= 0.3 is 0 Å². The van der Waals surface area contributed by atoms with Gasteiger partial charge < -0.3 is 5.11 Å². The second-order valence-corrected chi connectivity index (χ2v) is 9.63. The molecule has 0 saturated heterocycles. The molecule has 7 rings (SSSR count). The molecule has 0 heterocycles. The van der Waals surface area contributed by atoms with Gasteiger partial charge in [-0.2, -0.15) is 0 Å². The van der Waals surface area contributed by atoms with Crippen LogP contribution in [-0.4, -0.2) is 5.11 Å². The molecule has 3 aliphatic rings. The SMILES string of the molecule is Cc1ccc(C(O)(c2ccc(C)cc2)[C@@H]2CC3c4ccccc4C2c2ccccc23)cc1. The molecule has 0 spiro atoms. The van der Waals surface area contributed by atoms with E-state index < -0.39 is 5.60 Å². The average Bonchev–Trinajstić information content (AvgIpc) is 2.84. The summed E-state index contributed by atoms with van der Waals surface area (Å²) in [6.45, 7) is 4.20. The van der Waals surface area contributed by atoms with Crippen molar-refractivity contribution in [2.24, 2.45) is 5.92 Å². The quantitative estimate of drug-likeness (QED) is 0.388. The van der Waals surface area contributed by atoms with Crippen molar-refractivity contribution in [3.8, 4) is 0 Å². The molecule has 3 aliphatic carbocycles. The Kier molecular flexibility index (Phi) is 4.38. The second-order valence-electron chi connectivity index (χ2n) is 9.63. The molecule has 1 nitrogen and oxygen atoms in total. The summed E-state index contributed by atoms with van der Waals surface area (Å²) >= 11 is 0. The van der Waals surface area contributed by atoms with Crippen molar-refractivity contribution in [2.75, 3.05) is 0 Å². The third kappa shape index (κ3) is 2.74. The molecule has 158 valence electrons. The van der Waals surface area contributed by atoms with Crippen LogP contribution in [0.1, 0.15) is 62.8 Å². The highest BCUT2D eigenvalue weighted by Gasteiger charge is 2.52. The summed E-state index contributed by atoms with van der Waals surface area (Å²) in [5, 5.41) is 12.7. The van der Waals surface area contributed by atoms with Crippen molar-refractivity contribution in [1.82, 2.24) is 0 Å². The lowest BCUT2D eigenvalue weighted by molar-refractivity contribution is -0.00434. The average molecular weight is 417 g/mol. The topological polar surface area (TPSA) is 20.2 Å². The largest absolute Gasteiger partial charge is 0.380 e. The minimum absolute atomic E-state index is 0.0581. The van der Waals surface area contributed by atoms with Crippen molar-refractivity contribution in [3.05, 3.63) is 142 Å². The Morgan fingerprint density at radius 1 is 0.594 bits per heavy atom. The molecule has 1 N–H and O–H groups in total. The lowest BCUT2D eigenvalue weighted by atomic mass is 9.53. The van der Waals surface area contributed by atoms with Crippen LogP contribution in [-0.2, 0) is 5.60 Å². The lowest BCUT2D eigenvalue weighted by Crippen LogP contribution is -2.46. The van der Waals surface area contributed by atoms with Crippen molar-refractivity contribution >= 4 is 0 Å². The van der Waals surface area contributed by atoms with Crippen LogP contribution >= 0.6 is 0 Å². The number of aryl methyl sites for hydroxylation is 2. The molecule has 32 heavy (non-hydrogen) atoms. The summed E-state index contributed by atoms with van der Waals surface area (Å²) in [6, 6.07) is 34.7. The van der Waals surface area contributed by atoms with Gasteiger partial charge in [0.25, 0.3) is 0 Å². The van der Waals surface area contributed by atoms with Crippen molar-refractivity contribution in [1.29, 1.82) is 0 Å². The van der Waals surface area contributed by atoms with E-state index in [0.717, 1.165) is 17.5 Å². The van der Waals surface area contributed by atoms with Crippen molar-refractivity contribution in [3.63, 3.8) is 0 Å². The molecule has 0 fully saturated rings. The monoisotopic (exact) mass is 416 g/mol. The van der Waals surface area contributed by atoms with E-state index in [1.165, 1.54) is 33.4 Å². The Morgan fingerprint density at radius 2 is 1.00 bits per heavy atom. The maximum absolute atomic E-state index is 12.7. The van der Waals surface area contributed by atoms with E-state index in [1.807, 2.05) is 0 Å². The van der Waals surface area contributed by atoms with E-state index in [1.54, 1.807) is 0 Å². The molecule has 0 saturated carbocycles. The zero-order chi connectivity index (χ0) is 21.9. The van der Waals surface area contributed by atoms with Crippen LogP contribution in [0.3, 0.4) is 0 Å². The zero-order valence-electron chi connectivity index (χ0n) is 18.6. The predicted molar refractivity (Wildman–Crippen MR) is 130 cm³/mol. The first-order valence-corrected chi connectivity index (χ1v) is 11.6. The minimum Gasteiger partial charge on any atom is -0.380 e. The Hall–Kier alpha value is -3.16. The summed E-state index contributed by atoms with van der Waals surface area (Å²) in [7, 11) is 0. The van der Waals surface area contributed by atoms with Gasteiger partial charge in [0.15, 0.2) is 0 Å². The summed E-state index contributed by atoms with van der Waals surface area (Å²) < 4.78 is 0. The minimum atomic E-state index is -1.06. The molecule has 0 radical (unpaired) electrons. The van der Waals surface area contributed by atoms with Crippen molar-refractivity contribution in [2.45, 2.75) is 37.7 Å². The van der Waals surface area contributed by atoms with Gasteiger partial charge in [-0.1, -0.05) is 108 Å². The van der Waals surface area contributed by atoms with E-state index in [2.05, 4.69) is 111 Å². The molecule has 2 bridgehead atoms. The summed E-state index contributed by atoms with van der Waals surface area (Å²) in [6.07, 6.45) is 0.941. The first kappa shape index (κ1) is 19.5. The Bertz CT molecular complexity index is 1190. The van der Waals surface area contributed by atoms with Gasteiger partial charge in [0, 0.05) is 17.8 Å². The number of aliphatic hydroxyl groups is 1. The molecule has 4 aromatic carbocycles.